The number of aromatic nitrogens is 4. The number of nitrogens with zero attached hydrogens (tertiary/aromatic N) is 3. The van der Waals surface area contributed by atoms with Gasteiger partial charge in [-0.15, -0.1) is 0 Å². The Morgan fingerprint density at radius 3 is 1.97 bits per heavy atom. The van der Waals surface area contributed by atoms with Gasteiger partial charge >= 0.3 is 13.1 Å². The van der Waals surface area contributed by atoms with Crippen molar-refractivity contribution >= 4 is 49.3 Å². The quantitative estimate of drug-likeness (QED) is 0.0885. The maximum atomic E-state index is 15.1. The van der Waals surface area contributed by atoms with Crippen molar-refractivity contribution in [3.05, 3.63) is 149 Å². The SMILES string of the molecule is CCOP(=O)(OCC)[C@]1(c2ccccc2)O[C@@H]2[C@H](O1)[C@@H](CO[Si](c1ccccc1)(c1ccccc1)C(C)(C)C)O[C@H]2n1cnc2c(=O)[nH]c(NC(=O)c3ccccc3)nc21. The van der Waals surface area contributed by atoms with Gasteiger partial charge in [-0.25, -0.2) is 4.98 Å². The lowest BCUT2D eigenvalue weighted by atomic mass is 10.1. The summed E-state index contributed by atoms with van der Waals surface area (Å²) in [5.41, 5.74) is -1.70. The average molecular weight is 850 g/mol. The largest absolute Gasteiger partial charge is 0.405 e. The molecule has 0 unspecified atom stereocenters. The Labute approximate surface area is 348 Å². The van der Waals surface area contributed by atoms with Crippen LogP contribution in [0, 0.1) is 0 Å². The van der Waals surface area contributed by atoms with E-state index in [1.165, 1.54) is 6.33 Å². The van der Waals surface area contributed by atoms with Crippen LogP contribution in [0.3, 0.4) is 0 Å². The van der Waals surface area contributed by atoms with Crippen LogP contribution in [0.2, 0.25) is 5.04 Å². The van der Waals surface area contributed by atoms with Crippen LogP contribution in [0.5, 0.6) is 0 Å². The molecule has 16 heteroatoms. The number of fused-ring (bicyclic) bond motifs is 2. The van der Waals surface area contributed by atoms with E-state index in [9.17, 15) is 9.59 Å². The fourth-order valence-corrected chi connectivity index (χ4v) is 14.9. The Balaban J connectivity index is 1.25. The summed E-state index contributed by atoms with van der Waals surface area (Å²) in [4.78, 5) is 38.3. The lowest BCUT2D eigenvalue weighted by Gasteiger charge is -2.43. The molecule has 0 radical (unpaired) electrons. The van der Waals surface area contributed by atoms with E-state index in [0.717, 1.165) is 10.4 Å². The van der Waals surface area contributed by atoms with Gasteiger partial charge in [-0.1, -0.05) is 130 Å². The molecular weight excluding hydrogens is 802 g/mol. The van der Waals surface area contributed by atoms with Crippen molar-refractivity contribution in [3.8, 4) is 0 Å². The third kappa shape index (κ3) is 7.28. The summed E-state index contributed by atoms with van der Waals surface area (Å²) >= 11 is 0. The Morgan fingerprint density at radius 2 is 1.40 bits per heavy atom. The highest BCUT2D eigenvalue weighted by Gasteiger charge is 2.68. The topological polar surface area (TPSA) is 165 Å². The highest BCUT2D eigenvalue weighted by atomic mass is 31.2. The predicted molar refractivity (Wildman–Crippen MR) is 229 cm³/mol. The van der Waals surface area contributed by atoms with Gasteiger partial charge in [0, 0.05) is 11.1 Å². The number of amides is 1. The van der Waals surface area contributed by atoms with Crippen molar-refractivity contribution in [1.29, 1.82) is 0 Å². The number of carbonyl (C=O) groups excluding carboxylic acids is 1. The molecule has 60 heavy (non-hydrogen) atoms. The van der Waals surface area contributed by atoms with Crippen LogP contribution in [0.1, 0.15) is 56.8 Å². The molecule has 1 amide bonds. The first-order chi connectivity index (χ1) is 28.9. The van der Waals surface area contributed by atoms with Gasteiger partial charge < -0.3 is 27.7 Å². The Hall–Kier alpha value is -5.09. The highest BCUT2D eigenvalue weighted by Crippen LogP contribution is 2.70. The third-order valence-electron chi connectivity index (χ3n) is 10.8. The van der Waals surface area contributed by atoms with E-state index in [-0.39, 0.29) is 42.0 Å². The second kappa shape index (κ2) is 16.8. The van der Waals surface area contributed by atoms with E-state index >= 15 is 4.57 Å². The van der Waals surface area contributed by atoms with Gasteiger partial charge in [0.1, 0.15) is 18.3 Å². The van der Waals surface area contributed by atoms with Gasteiger partial charge in [-0.05, 0) is 41.4 Å². The van der Waals surface area contributed by atoms with Crippen molar-refractivity contribution in [2.45, 2.75) is 69.7 Å². The first-order valence-electron chi connectivity index (χ1n) is 20.0. The number of aromatic amines is 1. The summed E-state index contributed by atoms with van der Waals surface area (Å²) in [5.74, 6) is -0.562. The zero-order valence-corrected chi connectivity index (χ0v) is 35.9. The van der Waals surface area contributed by atoms with Crippen LogP contribution in [-0.2, 0) is 37.8 Å². The van der Waals surface area contributed by atoms with Crippen LogP contribution >= 0.6 is 7.60 Å². The highest BCUT2D eigenvalue weighted by molar-refractivity contribution is 7.54. The van der Waals surface area contributed by atoms with Crippen LogP contribution in [0.25, 0.3) is 11.2 Å². The zero-order chi connectivity index (χ0) is 42.1. The molecule has 312 valence electrons. The number of H-pyrrole nitrogens is 1. The molecule has 0 saturated carbocycles. The summed E-state index contributed by atoms with van der Waals surface area (Å²) in [6.45, 7) is 10.1. The molecule has 6 aromatic rings. The first kappa shape index (κ1) is 41.6. The number of anilines is 1. The van der Waals surface area contributed by atoms with Gasteiger partial charge in [0.15, 0.2) is 17.4 Å². The number of imidazole rings is 1. The summed E-state index contributed by atoms with van der Waals surface area (Å²) in [6.07, 6.45) is -2.37. The molecule has 5 atom stereocenters. The van der Waals surface area contributed by atoms with Gasteiger partial charge in [0.05, 0.1) is 26.1 Å². The van der Waals surface area contributed by atoms with Crippen LogP contribution in [-0.4, -0.2) is 71.9 Å². The Morgan fingerprint density at radius 1 is 0.850 bits per heavy atom. The molecule has 2 fully saturated rings. The average Bonchev–Trinajstić information content (AvgIpc) is 3.96. The van der Waals surface area contributed by atoms with Crippen LogP contribution < -0.4 is 21.2 Å². The first-order valence-corrected chi connectivity index (χ1v) is 23.4. The molecule has 4 aromatic carbocycles. The number of carbonyl (C=O) groups is 1. The van der Waals surface area contributed by atoms with E-state index in [1.807, 2.05) is 42.5 Å². The number of benzene rings is 4. The molecule has 14 nitrogen and oxygen atoms in total. The van der Waals surface area contributed by atoms with E-state index in [1.54, 1.807) is 73.0 Å². The smallest absolute Gasteiger partial charge is 0.394 e. The summed E-state index contributed by atoms with van der Waals surface area (Å²) in [7, 11) is -7.37. The van der Waals surface area contributed by atoms with Crippen molar-refractivity contribution in [1.82, 2.24) is 19.5 Å². The fourth-order valence-electron chi connectivity index (χ4n) is 8.26. The lowest BCUT2D eigenvalue weighted by molar-refractivity contribution is -0.190. The standard InChI is InChI=1S/C44H48N5O9PSi/c1-6-53-59(52,54-7-2)44(31-22-14-9-15-23-31)57-36-34(28-55-60(43(3,4)5,32-24-16-10-17-25-32)33-26-18-11-19-27-33)56-41(37(36)58-44)49-29-45-35-38(49)46-42(48-40(35)51)47-39(50)30-20-12-8-13-21-30/h8-27,29,34,36-37,41H,6-7,28H2,1-5H3,(H2,46,47,48,50,51)/t34-,36-,37-,41-,44+/m1/s1. The molecule has 2 aliphatic heterocycles. The molecule has 2 saturated heterocycles. The van der Waals surface area contributed by atoms with Crippen molar-refractivity contribution in [2.75, 3.05) is 25.1 Å². The zero-order valence-electron chi connectivity index (χ0n) is 34.0. The third-order valence-corrected chi connectivity index (χ3v) is 18.2. The van der Waals surface area contributed by atoms with Crippen molar-refractivity contribution in [2.24, 2.45) is 0 Å². The number of hydrogen-bond acceptors (Lipinski definition) is 11. The fraction of sp³-hybridized carbons (Fsp3) is 0.318. The van der Waals surface area contributed by atoms with Gasteiger partial charge in [-0.2, -0.15) is 4.98 Å². The molecule has 0 aliphatic carbocycles. The number of ether oxygens (including phenoxy) is 3. The van der Waals surface area contributed by atoms with E-state index < -0.39 is 57.4 Å². The normalized spacial score (nSPS) is 21.9. The van der Waals surface area contributed by atoms with E-state index in [4.69, 9.17) is 27.7 Å². The van der Waals surface area contributed by atoms with Crippen molar-refractivity contribution in [3.63, 3.8) is 0 Å². The molecule has 2 N–H and O–H groups in total. The maximum Gasteiger partial charge on any atom is 0.394 e. The second-order valence-corrected chi connectivity index (χ2v) is 21.9. The monoisotopic (exact) mass is 849 g/mol. The number of rotatable bonds is 14. The molecule has 2 aromatic heterocycles. The number of hydrogen-bond donors (Lipinski definition) is 2. The molecule has 2 aliphatic rings. The Bertz CT molecular complexity index is 2490. The minimum Gasteiger partial charge on any atom is -0.405 e. The molecule has 0 spiro atoms. The summed E-state index contributed by atoms with van der Waals surface area (Å²) in [6, 6.07) is 38.0. The molecule has 8 rings (SSSR count). The molecule has 4 heterocycles. The van der Waals surface area contributed by atoms with Crippen LogP contribution in [0.15, 0.2) is 132 Å². The predicted octanol–water partition coefficient (Wildman–Crippen LogP) is 6.71. The van der Waals surface area contributed by atoms with E-state index in [0.29, 0.717) is 11.1 Å². The van der Waals surface area contributed by atoms with Gasteiger partial charge in [-0.3, -0.25) is 29.0 Å². The van der Waals surface area contributed by atoms with E-state index in [2.05, 4.69) is 65.3 Å². The van der Waals surface area contributed by atoms with Gasteiger partial charge in [0.2, 0.25) is 5.95 Å². The minimum absolute atomic E-state index is 0.00224. The minimum atomic E-state index is -4.26. The molecular formula is C44H48N5O9PSi. The number of nitrogens with one attached hydrogen (secondary N) is 2. The Kier molecular flexibility index (Phi) is 11.6. The maximum absolute atomic E-state index is 15.1. The van der Waals surface area contributed by atoms with Gasteiger partial charge in [0.25, 0.3) is 19.8 Å². The summed E-state index contributed by atoms with van der Waals surface area (Å²) in [5, 5.41) is 4.47. The summed E-state index contributed by atoms with van der Waals surface area (Å²) < 4.78 is 56.9. The van der Waals surface area contributed by atoms with Crippen molar-refractivity contribution < 1.29 is 37.0 Å². The molecule has 0 bridgehead atoms. The lowest BCUT2D eigenvalue weighted by Crippen LogP contribution is -2.67. The second-order valence-electron chi connectivity index (χ2n) is 15.5. The van der Waals surface area contributed by atoms with Crippen LogP contribution in [0.4, 0.5) is 5.95 Å².